The standard InChI is InChI=1S/C28H30N2O5/c1-19(2)27(20-13-14-24-25(17-20)34-16-8-15-33-24)30-26(31)18-35-23-12-7-6-11-22(23)28(32)29-21-9-4-3-5-10-21/h3-7,9-14,17,19,27H,8,15-16,18H2,1-2H3,(H,29,32)(H,30,31)/t27-/m0/s1. The van der Waals surface area contributed by atoms with Crippen LogP contribution in [0, 0.1) is 5.92 Å². The summed E-state index contributed by atoms with van der Waals surface area (Å²) < 4.78 is 17.3. The maximum atomic E-state index is 12.8. The van der Waals surface area contributed by atoms with Gasteiger partial charge in [-0.1, -0.05) is 50.2 Å². The Hall–Kier alpha value is -4.00. The molecule has 7 nitrogen and oxygen atoms in total. The Morgan fingerprint density at radius 1 is 0.914 bits per heavy atom. The molecular weight excluding hydrogens is 444 g/mol. The number of carbonyl (C=O) groups excluding carboxylic acids is 2. The molecule has 1 atom stereocenters. The van der Waals surface area contributed by atoms with Crippen molar-refractivity contribution in [3.63, 3.8) is 0 Å². The van der Waals surface area contributed by atoms with Crippen LogP contribution in [0.1, 0.15) is 42.2 Å². The third-order valence-corrected chi connectivity index (χ3v) is 5.64. The van der Waals surface area contributed by atoms with Crippen molar-refractivity contribution in [1.29, 1.82) is 0 Å². The highest BCUT2D eigenvalue weighted by molar-refractivity contribution is 6.06. The summed E-state index contributed by atoms with van der Waals surface area (Å²) in [5.74, 6) is 1.29. The Balaban J connectivity index is 1.41. The van der Waals surface area contributed by atoms with Crippen molar-refractivity contribution in [3.8, 4) is 17.2 Å². The van der Waals surface area contributed by atoms with Gasteiger partial charge in [0.25, 0.3) is 11.8 Å². The van der Waals surface area contributed by atoms with Crippen LogP contribution in [0.25, 0.3) is 0 Å². The number of ether oxygens (including phenoxy) is 3. The van der Waals surface area contributed by atoms with Crippen molar-refractivity contribution in [2.75, 3.05) is 25.1 Å². The largest absolute Gasteiger partial charge is 0.490 e. The minimum Gasteiger partial charge on any atom is -0.490 e. The highest BCUT2D eigenvalue weighted by Crippen LogP contribution is 2.34. The van der Waals surface area contributed by atoms with Gasteiger partial charge in [0.15, 0.2) is 18.1 Å². The molecule has 0 aromatic heterocycles. The molecule has 3 aromatic rings. The summed E-state index contributed by atoms with van der Waals surface area (Å²) in [4.78, 5) is 25.6. The third kappa shape index (κ3) is 6.32. The number of nitrogens with one attached hydrogen (secondary N) is 2. The molecule has 0 aliphatic carbocycles. The van der Waals surface area contributed by atoms with Gasteiger partial charge < -0.3 is 24.8 Å². The number of amides is 2. The number of rotatable bonds is 8. The summed E-state index contributed by atoms with van der Waals surface area (Å²) >= 11 is 0. The van der Waals surface area contributed by atoms with Gasteiger partial charge in [0.2, 0.25) is 0 Å². The first-order chi connectivity index (χ1) is 17.0. The Morgan fingerprint density at radius 2 is 1.63 bits per heavy atom. The number of fused-ring (bicyclic) bond motifs is 1. The number of hydrogen-bond donors (Lipinski definition) is 2. The first-order valence-corrected chi connectivity index (χ1v) is 11.8. The van der Waals surface area contributed by atoms with Crippen LogP contribution in [0.2, 0.25) is 0 Å². The Labute approximate surface area is 205 Å². The van der Waals surface area contributed by atoms with Crippen molar-refractivity contribution < 1.29 is 23.8 Å². The van der Waals surface area contributed by atoms with Gasteiger partial charge in [-0.05, 0) is 47.9 Å². The average Bonchev–Trinajstić information content (AvgIpc) is 3.11. The molecule has 0 radical (unpaired) electrons. The van der Waals surface area contributed by atoms with Crippen molar-refractivity contribution >= 4 is 17.5 Å². The summed E-state index contributed by atoms with van der Waals surface area (Å²) in [5, 5.41) is 5.90. The SMILES string of the molecule is CC(C)[C@H](NC(=O)COc1ccccc1C(=O)Nc1ccccc1)c1ccc2c(c1)OCCCO2. The fourth-order valence-corrected chi connectivity index (χ4v) is 3.87. The fraction of sp³-hybridized carbons (Fsp3) is 0.286. The highest BCUT2D eigenvalue weighted by Gasteiger charge is 2.22. The second kappa shape index (κ2) is 11.4. The van der Waals surface area contributed by atoms with E-state index >= 15 is 0 Å². The van der Waals surface area contributed by atoms with Gasteiger partial charge in [-0.25, -0.2) is 0 Å². The molecule has 1 aliphatic rings. The number of para-hydroxylation sites is 2. The molecule has 1 aliphatic heterocycles. The van der Waals surface area contributed by atoms with E-state index < -0.39 is 0 Å². The minimum atomic E-state index is -0.306. The molecule has 2 N–H and O–H groups in total. The number of hydrogen-bond acceptors (Lipinski definition) is 5. The lowest BCUT2D eigenvalue weighted by Crippen LogP contribution is -2.35. The lowest BCUT2D eigenvalue weighted by Gasteiger charge is -2.24. The Bertz CT molecular complexity index is 1160. The van der Waals surface area contributed by atoms with E-state index in [4.69, 9.17) is 14.2 Å². The molecule has 0 spiro atoms. The molecule has 0 saturated carbocycles. The van der Waals surface area contributed by atoms with Crippen molar-refractivity contribution in [1.82, 2.24) is 5.32 Å². The van der Waals surface area contributed by atoms with Crippen molar-refractivity contribution in [2.45, 2.75) is 26.3 Å². The van der Waals surface area contributed by atoms with Crippen LogP contribution in [-0.4, -0.2) is 31.6 Å². The first-order valence-electron chi connectivity index (χ1n) is 11.8. The second-order valence-electron chi connectivity index (χ2n) is 8.65. The second-order valence-corrected chi connectivity index (χ2v) is 8.65. The first kappa shape index (κ1) is 24.1. The number of carbonyl (C=O) groups is 2. The molecule has 0 saturated heterocycles. The van der Waals surface area contributed by atoms with E-state index in [9.17, 15) is 9.59 Å². The maximum Gasteiger partial charge on any atom is 0.259 e. The van der Waals surface area contributed by atoms with Crippen molar-refractivity contribution in [3.05, 3.63) is 83.9 Å². The molecule has 35 heavy (non-hydrogen) atoms. The topological polar surface area (TPSA) is 85.9 Å². The zero-order chi connectivity index (χ0) is 24.6. The lowest BCUT2D eigenvalue weighted by molar-refractivity contribution is -0.124. The fourth-order valence-electron chi connectivity index (χ4n) is 3.87. The van der Waals surface area contributed by atoms with Crippen LogP contribution in [0.15, 0.2) is 72.8 Å². The van der Waals surface area contributed by atoms with Gasteiger partial charge in [0.1, 0.15) is 5.75 Å². The van der Waals surface area contributed by atoms with Crippen LogP contribution in [-0.2, 0) is 4.79 Å². The average molecular weight is 475 g/mol. The van der Waals surface area contributed by atoms with E-state index in [0.29, 0.717) is 41.7 Å². The van der Waals surface area contributed by atoms with Gasteiger partial charge in [0, 0.05) is 12.1 Å². The Kier molecular flexibility index (Phi) is 7.88. The monoisotopic (exact) mass is 474 g/mol. The molecule has 0 fully saturated rings. The van der Waals surface area contributed by atoms with E-state index in [1.165, 1.54) is 0 Å². The molecule has 1 heterocycles. The van der Waals surface area contributed by atoms with E-state index in [0.717, 1.165) is 12.0 Å². The van der Waals surface area contributed by atoms with Gasteiger partial charge in [-0.3, -0.25) is 9.59 Å². The maximum absolute atomic E-state index is 12.8. The van der Waals surface area contributed by atoms with Crippen LogP contribution < -0.4 is 24.8 Å². The molecule has 0 bridgehead atoms. The summed E-state index contributed by atoms with van der Waals surface area (Å²) in [6.45, 7) is 5.08. The number of anilines is 1. The van der Waals surface area contributed by atoms with E-state index in [1.54, 1.807) is 36.4 Å². The number of benzene rings is 3. The van der Waals surface area contributed by atoms with Crippen molar-refractivity contribution in [2.24, 2.45) is 5.92 Å². The summed E-state index contributed by atoms with van der Waals surface area (Å²) in [5.41, 5.74) is 1.97. The molecule has 7 heteroatoms. The van der Waals surface area contributed by atoms with E-state index in [-0.39, 0.29) is 30.4 Å². The predicted octanol–water partition coefficient (Wildman–Crippen LogP) is 4.99. The van der Waals surface area contributed by atoms with Gasteiger partial charge in [0.05, 0.1) is 24.8 Å². The molecular formula is C28H30N2O5. The van der Waals surface area contributed by atoms with Gasteiger partial charge in [-0.15, -0.1) is 0 Å². The third-order valence-electron chi connectivity index (χ3n) is 5.64. The summed E-state index contributed by atoms with van der Waals surface area (Å²) in [6, 6.07) is 21.6. The van der Waals surface area contributed by atoms with E-state index in [1.807, 2.05) is 50.2 Å². The lowest BCUT2D eigenvalue weighted by atomic mass is 9.95. The van der Waals surface area contributed by atoms with Gasteiger partial charge >= 0.3 is 0 Å². The molecule has 4 rings (SSSR count). The summed E-state index contributed by atoms with van der Waals surface area (Å²) in [6.07, 6.45) is 0.830. The van der Waals surface area contributed by atoms with Crippen LogP contribution in [0.4, 0.5) is 5.69 Å². The molecule has 3 aromatic carbocycles. The molecule has 2 amide bonds. The minimum absolute atomic E-state index is 0.132. The zero-order valence-electron chi connectivity index (χ0n) is 20.0. The van der Waals surface area contributed by atoms with E-state index in [2.05, 4.69) is 10.6 Å². The van der Waals surface area contributed by atoms with Gasteiger partial charge in [-0.2, -0.15) is 0 Å². The van der Waals surface area contributed by atoms with Crippen LogP contribution in [0.3, 0.4) is 0 Å². The highest BCUT2D eigenvalue weighted by atomic mass is 16.5. The zero-order valence-corrected chi connectivity index (χ0v) is 20.0. The van der Waals surface area contributed by atoms with Crippen LogP contribution in [0.5, 0.6) is 17.2 Å². The molecule has 0 unspecified atom stereocenters. The molecule has 182 valence electrons. The normalized spacial score (nSPS) is 13.5. The quantitative estimate of drug-likeness (QED) is 0.480. The Morgan fingerprint density at radius 3 is 2.40 bits per heavy atom. The van der Waals surface area contributed by atoms with Crippen LogP contribution >= 0.6 is 0 Å². The predicted molar refractivity (Wildman–Crippen MR) is 134 cm³/mol. The smallest absolute Gasteiger partial charge is 0.259 e. The summed E-state index contributed by atoms with van der Waals surface area (Å²) in [7, 11) is 0.